The highest BCUT2D eigenvalue weighted by Gasteiger charge is 2.03. The Morgan fingerprint density at radius 2 is 1.88 bits per heavy atom. The molecule has 8 heteroatoms. The van der Waals surface area contributed by atoms with Crippen LogP contribution in [0.1, 0.15) is 0 Å². The van der Waals surface area contributed by atoms with Crippen molar-refractivity contribution >= 4 is 11.7 Å². The molecule has 2 N–H and O–H groups in total. The van der Waals surface area contributed by atoms with Gasteiger partial charge in [0.2, 0.25) is 0 Å². The molecule has 0 fully saturated rings. The largest absolute Gasteiger partial charge is 0.492 e. The smallest absolute Gasteiger partial charge is 0.319 e. The predicted molar refractivity (Wildman–Crippen MR) is 88.1 cm³/mol. The van der Waals surface area contributed by atoms with E-state index < -0.39 is 0 Å². The predicted octanol–water partition coefficient (Wildman–Crippen LogP) is 1.86. The molecular formula is C16H16N6O2. The molecule has 0 aliphatic rings. The van der Waals surface area contributed by atoms with Crippen LogP contribution >= 0.6 is 0 Å². The number of aromatic nitrogens is 4. The lowest BCUT2D eigenvalue weighted by atomic mass is 10.3. The average molecular weight is 324 g/mol. The van der Waals surface area contributed by atoms with Gasteiger partial charge in [-0.15, -0.1) is 5.10 Å². The second-order valence-corrected chi connectivity index (χ2v) is 4.84. The Kier molecular flexibility index (Phi) is 4.98. The Bertz CT molecular complexity index is 759. The van der Waals surface area contributed by atoms with Crippen LogP contribution in [0.2, 0.25) is 0 Å². The molecule has 0 radical (unpaired) electrons. The second-order valence-electron chi connectivity index (χ2n) is 4.84. The monoisotopic (exact) mass is 324 g/mol. The van der Waals surface area contributed by atoms with E-state index in [2.05, 4.69) is 26.2 Å². The Morgan fingerprint density at radius 3 is 2.58 bits per heavy atom. The molecule has 1 heterocycles. The number of urea groups is 1. The van der Waals surface area contributed by atoms with Crippen molar-refractivity contribution in [1.29, 1.82) is 0 Å². The van der Waals surface area contributed by atoms with Crippen LogP contribution in [-0.2, 0) is 0 Å². The molecule has 3 aromatic rings. The summed E-state index contributed by atoms with van der Waals surface area (Å²) in [6, 6.07) is 16.3. The number of para-hydroxylation sites is 1. The number of carbonyl (C=O) groups is 1. The molecule has 24 heavy (non-hydrogen) atoms. The maximum atomic E-state index is 11.8. The van der Waals surface area contributed by atoms with Crippen LogP contribution < -0.4 is 15.4 Å². The normalized spacial score (nSPS) is 10.2. The van der Waals surface area contributed by atoms with E-state index in [1.165, 1.54) is 11.0 Å². The molecule has 0 aliphatic heterocycles. The molecule has 2 aromatic carbocycles. The van der Waals surface area contributed by atoms with E-state index >= 15 is 0 Å². The van der Waals surface area contributed by atoms with Gasteiger partial charge in [-0.25, -0.2) is 9.48 Å². The third-order valence-corrected chi connectivity index (χ3v) is 3.14. The van der Waals surface area contributed by atoms with Gasteiger partial charge in [-0.2, -0.15) is 0 Å². The van der Waals surface area contributed by atoms with E-state index in [4.69, 9.17) is 4.74 Å². The molecule has 122 valence electrons. The summed E-state index contributed by atoms with van der Waals surface area (Å²) in [5, 5.41) is 16.4. The number of nitrogens with zero attached hydrogens (tertiary/aromatic N) is 4. The number of hydrogen-bond acceptors (Lipinski definition) is 5. The second kappa shape index (κ2) is 7.73. The van der Waals surface area contributed by atoms with Crippen LogP contribution in [0, 0.1) is 0 Å². The highest BCUT2D eigenvalue weighted by Crippen LogP contribution is 2.11. The minimum atomic E-state index is -0.290. The van der Waals surface area contributed by atoms with Crippen LogP contribution in [0.25, 0.3) is 5.69 Å². The van der Waals surface area contributed by atoms with Crippen molar-refractivity contribution in [3.8, 4) is 11.4 Å². The number of hydrogen-bond donors (Lipinski definition) is 2. The zero-order valence-corrected chi connectivity index (χ0v) is 12.8. The summed E-state index contributed by atoms with van der Waals surface area (Å²) in [4.78, 5) is 11.8. The van der Waals surface area contributed by atoms with E-state index in [1.807, 2.05) is 42.5 Å². The first-order valence-electron chi connectivity index (χ1n) is 7.37. The fraction of sp³-hybridized carbons (Fsp3) is 0.125. The van der Waals surface area contributed by atoms with Gasteiger partial charge in [0.25, 0.3) is 0 Å². The number of tetrazole rings is 1. The molecular weight excluding hydrogens is 308 g/mol. The van der Waals surface area contributed by atoms with Crippen LogP contribution in [0.4, 0.5) is 10.5 Å². The summed E-state index contributed by atoms with van der Waals surface area (Å²) in [7, 11) is 0. The standard InChI is InChI=1S/C16H16N6O2/c23-16(17-10-11-24-15-4-2-1-3-5-15)19-13-6-8-14(9-7-13)22-12-18-20-21-22/h1-9,12H,10-11H2,(H2,17,19,23). The molecule has 1 aromatic heterocycles. The number of ether oxygens (including phenoxy) is 1. The topological polar surface area (TPSA) is 94.0 Å². The van der Waals surface area contributed by atoms with Gasteiger partial charge in [-0.05, 0) is 46.8 Å². The highest BCUT2D eigenvalue weighted by atomic mass is 16.5. The number of amides is 2. The lowest BCUT2D eigenvalue weighted by Crippen LogP contribution is -2.32. The van der Waals surface area contributed by atoms with Gasteiger partial charge < -0.3 is 15.4 Å². The molecule has 0 unspecified atom stereocenters. The lowest BCUT2D eigenvalue weighted by molar-refractivity contribution is 0.247. The van der Waals surface area contributed by atoms with Gasteiger partial charge in [0.15, 0.2) is 0 Å². The number of benzene rings is 2. The first kappa shape index (κ1) is 15.5. The summed E-state index contributed by atoms with van der Waals surface area (Å²) in [5.74, 6) is 0.776. The van der Waals surface area contributed by atoms with Crippen molar-refractivity contribution in [2.45, 2.75) is 0 Å². The SMILES string of the molecule is O=C(NCCOc1ccccc1)Nc1ccc(-n2cnnn2)cc1. The lowest BCUT2D eigenvalue weighted by Gasteiger charge is -2.09. The van der Waals surface area contributed by atoms with E-state index in [-0.39, 0.29) is 6.03 Å². The van der Waals surface area contributed by atoms with E-state index in [1.54, 1.807) is 12.1 Å². The summed E-state index contributed by atoms with van der Waals surface area (Å²) in [6.07, 6.45) is 1.50. The zero-order valence-electron chi connectivity index (χ0n) is 12.8. The van der Waals surface area contributed by atoms with Gasteiger partial charge in [0, 0.05) is 5.69 Å². The van der Waals surface area contributed by atoms with E-state index in [0.29, 0.717) is 18.8 Å². The minimum Gasteiger partial charge on any atom is -0.492 e. The zero-order chi connectivity index (χ0) is 16.6. The summed E-state index contributed by atoms with van der Waals surface area (Å²) in [5.41, 5.74) is 1.48. The Hall–Kier alpha value is -3.42. The Labute approximate surface area is 138 Å². The molecule has 0 aliphatic carbocycles. The van der Waals surface area contributed by atoms with Gasteiger partial charge in [0.1, 0.15) is 18.7 Å². The van der Waals surface area contributed by atoms with Crippen molar-refractivity contribution < 1.29 is 9.53 Å². The minimum absolute atomic E-state index is 0.290. The molecule has 0 saturated carbocycles. The first-order chi connectivity index (χ1) is 11.8. The molecule has 0 spiro atoms. The Morgan fingerprint density at radius 1 is 1.08 bits per heavy atom. The van der Waals surface area contributed by atoms with Gasteiger partial charge in [-0.1, -0.05) is 18.2 Å². The van der Waals surface area contributed by atoms with Crippen molar-refractivity contribution in [1.82, 2.24) is 25.5 Å². The molecule has 0 saturated heterocycles. The molecule has 3 rings (SSSR count). The van der Waals surface area contributed by atoms with E-state index in [9.17, 15) is 4.79 Å². The number of anilines is 1. The molecule has 0 bridgehead atoms. The molecule has 2 amide bonds. The Balaban J connectivity index is 1.42. The van der Waals surface area contributed by atoms with Gasteiger partial charge in [-0.3, -0.25) is 0 Å². The summed E-state index contributed by atoms with van der Waals surface area (Å²) >= 11 is 0. The fourth-order valence-electron chi connectivity index (χ4n) is 2.00. The summed E-state index contributed by atoms with van der Waals surface area (Å²) in [6.45, 7) is 0.805. The molecule has 8 nitrogen and oxygen atoms in total. The van der Waals surface area contributed by atoms with Crippen LogP contribution in [0.5, 0.6) is 5.75 Å². The van der Waals surface area contributed by atoms with Crippen LogP contribution in [0.15, 0.2) is 60.9 Å². The number of carbonyl (C=O) groups excluding carboxylic acids is 1. The van der Waals surface area contributed by atoms with Crippen molar-refractivity contribution in [3.05, 3.63) is 60.9 Å². The van der Waals surface area contributed by atoms with Crippen molar-refractivity contribution in [2.75, 3.05) is 18.5 Å². The number of nitrogens with one attached hydrogen (secondary N) is 2. The molecule has 0 atom stereocenters. The third-order valence-electron chi connectivity index (χ3n) is 3.14. The first-order valence-corrected chi connectivity index (χ1v) is 7.37. The number of rotatable bonds is 6. The van der Waals surface area contributed by atoms with Crippen LogP contribution in [0.3, 0.4) is 0 Å². The van der Waals surface area contributed by atoms with Gasteiger partial charge >= 0.3 is 6.03 Å². The van der Waals surface area contributed by atoms with Crippen molar-refractivity contribution in [3.63, 3.8) is 0 Å². The highest BCUT2D eigenvalue weighted by molar-refractivity contribution is 5.89. The summed E-state index contributed by atoms with van der Waals surface area (Å²) < 4.78 is 7.03. The third kappa shape index (κ3) is 4.29. The maximum Gasteiger partial charge on any atom is 0.319 e. The fourth-order valence-corrected chi connectivity index (χ4v) is 2.00. The van der Waals surface area contributed by atoms with E-state index in [0.717, 1.165) is 11.4 Å². The van der Waals surface area contributed by atoms with Crippen LogP contribution in [-0.4, -0.2) is 39.4 Å². The van der Waals surface area contributed by atoms with Gasteiger partial charge in [0.05, 0.1) is 12.2 Å². The average Bonchev–Trinajstić information content (AvgIpc) is 3.15. The van der Waals surface area contributed by atoms with Crippen molar-refractivity contribution in [2.24, 2.45) is 0 Å². The maximum absolute atomic E-state index is 11.8. The quantitative estimate of drug-likeness (QED) is 0.675.